The van der Waals surface area contributed by atoms with Gasteiger partial charge in [0, 0.05) is 20.0 Å². The van der Waals surface area contributed by atoms with Crippen molar-refractivity contribution < 1.29 is 14.5 Å². The van der Waals surface area contributed by atoms with Gasteiger partial charge in [0.25, 0.3) is 5.91 Å². The number of hydrogen-bond donors (Lipinski definition) is 0. The molecular formula is C15H21N3O4. The lowest BCUT2D eigenvalue weighted by molar-refractivity contribution is -0.390. The van der Waals surface area contributed by atoms with Gasteiger partial charge in [-0.25, -0.2) is 0 Å². The van der Waals surface area contributed by atoms with E-state index in [4.69, 9.17) is 4.74 Å². The minimum Gasteiger partial charge on any atom is -0.476 e. The normalized spacial score (nSPS) is 21.5. The largest absolute Gasteiger partial charge is 0.476 e. The fourth-order valence-electron chi connectivity index (χ4n) is 2.87. The maximum Gasteiger partial charge on any atom is 0.406 e. The summed E-state index contributed by atoms with van der Waals surface area (Å²) in [6.45, 7) is 7.11. The smallest absolute Gasteiger partial charge is 0.406 e. The molecule has 1 amide bonds. The molecule has 2 rings (SSSR count). The number of aromatic nitrogens is 1. The standard InChI is InChI=1S/C15H21N3O4/c1-10-6-11(2)8-17(7-10)14(19)9-22-13-5-4-12(3)16-15(13)18(20)21/h4-5,10-11H,6-9H2,1-3H3/t10-,11-/m0/s1. The van der Waals surface area contributed by atoms with Crippen molar-refractivity contribution in [1.82, 2.24) is 9.88 Å². The first-order chi connectivity index (χ1) is 10.4. The molecule has 120 valence electrons. The number of carbonyl (C=O) groups is 1. The van der Waals surface area contributed by atoms with E-state index in [1.54, 1.807) is 17.9 Å². The number of aryl methyl sites for hydroxylation is 1. The highest BCUT2D eigenvalue weighted by Crippen LogP contribution is 2.25. The minimum atomic E-state index is -0.599. The van der Waals surface area contributed by atoms with Crippen LogP contribution >= 0.6 is 0 Å². The number of hydrogen-bond acceptors (Lipinski definition) is 5. The second kappa shape index (κ2) is 6.72. The van der Waals surface area contributed by atoms with Gasteiger partial charge in [0.1, 0.15) is 5.69 Å². The van der Waals surface area contributed by atoms with Crippen molar-refractivity contribution in [2.24, 2.45) is 11.8 Å². The van der Waals surface area contributed by atoms with E-state index in [9.17, 15) is 14.9 Å². The Hall–Kier alpha value is -2.18. The van der Waals surface area contributed by atoms with Gasteiger partial charge in [-0.1, -0.05) is 13.8 Å². The Bertz CT molecular complexity index is 566. The molecule has 0 bridgehead atoms. The van der Waals surface area contributed by atoms with Crippen LogP contribution in [0.4, 0.5) is 5.82 Å². The lowest BCUT2D eigenvalue weighted by Gasteiger charge is -2.34. The van der Waals surface area contributed by atoms with Crippen LogP contribution in [0.1, 0.15) is 26.0 Å². The molecule has 1 aromatic rings. The number of nitrogens with zero attached hydrogens (tertiary/aromatic N) is 3. The molecule has 0 aliphatic carbocycles. The first-order valence-corrected chi connectivity index (χ1v) is 7.39. The third kappa shape index (κ3) is 3.93. The van der Waals surface area contributed by atoms with Gasteiger partial charge >= 0.3 is 5.82 Å². The number of piperidine rings is 1. The van der Waals surface area contributed by atoms with Crippen LogP contribution in [-0.4, -0.2) is 40.4 Å². The fraction of sp³-hybridized carbons (Fsp3) is 0.600. The van der Waals surface area contributed by atoms with Gasteiger partial charge < -0.3 is 19.8 Å². The summed E-state index contributed by atoms with van der Waals surface area (Å²) in [5, 5.41) is 11.0. The Morgan fingerprint density at radius 1 is 1.41 bits per heavy atom. The highest BCUT2D eigenvalue weighted by molar-refractivity contribution is 5.78. The van der Waals surface area contributed by atoms with Crippen molar-refractivity contribution in [2.45, 2.75) is 27.2 Å². The molecule has 0 unspecified atom stereocenters. The summed E-state index contributed by atoms with van der Waals surface area (Å²) in [6, 6.07) is 3.10. The van der Waals surface area contributed by atoms with Crippen molar-refractivity contribution in [3.05, 3.63) is 27.9 Å². The first kappa shape index (κ1) is 16.2. The van der Waals surface area contributed by atoms with E-state index in [0.29, 0.717) is 30.6 Å². The number of carbonyl (C=O) groups excluding carboxylic acids is 1. The van der Waals surface area contributed by atoms with Crippen LogP contribution in [0.2, 0.25) is 0 Å². The Morgan fingerprint density at radius 3 is 2.64 bits per heavy atom. The average Bonchev–Trinajstić information content (AvgIpc) is 2.44. The van der Waals surface area contributed by atoms with Crippen LogP contribution in [-0.2, 0) is 4.79 Å². The monoisotopic (exact) mass is 307 g/mol. The van der Waals surface area contributed by atoms with Crippen LogP contribution in [0.3, 0.4) is 0 Å². The Balaban J connectivity index is 2.01. The second-order valence-corrected chi connectivity index (χ2v) is 6.06. The number of amides is 1. The molecule has 22 heavy (non-hydrogen) atoms. The highest BCUT2D eigenvalue weighted by atomic mass is 16.6. The molecule has 1 saturated heterocycles. The van der Waals surface area contributed by atoms with Crippen LogP contribution in [0.5, 0.6) is 5.75 Å². The van der Waals surface area contributed by atoms with Gasteiger partial charge in [0.2, 0.25) is 5.75 Å². The van der Waals surface area contributed by atoms with E-state index < -0.39 is 4.92 Å². The number of ether oxygens (including phenoxy) is 1. The van der Waals surface area contributed by atoms with E-state index in [2.05, 4.69) is 18.8 Å². The summed E-state index contributed by atoms with van der Waals surface area (Å²) in [5.74, 6) is 0.453. The van der Waals surface area contributed by atoms with Crippen LogP contribution in [0, 0.1) is 28.9 Å². The van der Waals surface area contributed by atoms with Gasteiger partial charge in [-0.2, -0.15) is 0 Å². The van der Waals surface area contributed by atoms with Gasteiger partial charge in [-0.05, 0) is 40.3 Å². The van der Waals surface area contributed by atoms with Gasteiger partial charge in [0.15, 0.2) is 6.61 Å². The third-order valence-corrected chi connectivity index (χ3v) is 3.72. The van der Waals surface area contributed by atoms with Gasteiger partial charge in [-0.3, -0.25) is 4.79 Å². The lowest BCUT2D eigenvalue weighted by Crippen LogP contribution is -2.44. The fourth-order valence-corrected chi connectivity index (χ4v) is 2.87. The molecule has 1 aromatic heterocycles. The number of rotatable bonds is 4. The van der Waals surface area contributed by atoms with E-state index in [0.717, 1.165) is 6.42 Å². The predicted molar refractivity (Wildman–Crippen MR) is 80.6 cm³/mol. The molecule has 0 aromatic carbocycles. The summed E-state index contributed by atoms with van der Waals surface area (Å²) < 4.78 is 5.34. The summed E-state index contributed by atoms with van der Waals surface area (Å²) in [5.41, 5.74) is 0.532. The highest BCUT2D eigenvalue weighted by Gasteiger charge is 2.26. The quantitative estimate of drug-likeness (QED) is 0.628. The molecule has 2 atom stereocenters. The van der Waals surface area contributed by atoms with Crippen molar-refractivity contribution >= 4 is 11.7 Å². The maximum absolute atomic E-state index is 12.2. The lowest BCUT2D eigenvalue weighted by atomic mass is 9.92. The molecule has 1 aliphatic heterocycles. The summed E-state index contributed by atoms with van der Waals surface area (Å²) in [7, 11) is 0. The number of nitro groups is 1. The molecule has 0 radical (unpaired) electrons. The summed E-state index contributed by atoms with van der Waals surface area (Å²) in [6.07, 6.45) is 1.11. The molecular weight excluding hydrogens is 286 g/mol. The molecule has 7 heteroatoms. The minimum absolute atomic E-state index is 0.0297. The zero-order valence-corrected chi connectivity index (χ0v) is 13.1. The van der Waals surface area contributed by atoms with Gasteiger partial charge in [-0.15, -0.1) is 0 Å². The number of likely N-dealkylation sites (tertiary alicyclic amines) is 1. The molecule has 0 N–H and O–H groups in total. The third-order valence-electron chi connectivity index (χ3n) is 3.72. The second-order valence-electron chi connectivity index (χ2n) is 6.06. The van der Waals surface area contributed by atoms with E-state index >= 15 is 0 Å². The topological polar surface area (TPSA) is 85.6 Å². The molecule has 7 nitrogen and oxygen atoms in total. The Labute approximate surface area is 129 Å². The van der Waals surface area contributed by atoms with Crippen LogP contribution in [0.15, 0.2) is 12.1 Å². The van der Waals surface area contributed by atoms with Crippen molar-refractivity contribution in [3.63, 3.8) is 0 Å². The average molecular weight is 307 g/mol. The molecule has 1 aliphatic rings. The predicted octanol–water partition coefficient (Wildman–Crippen LogP) is 2.18. The summed E-state index contributed by atoms with van der Waals surface area (Å²) >= 11 is 0. The number of pyridine rings is 1. The molecule has 0 spiro atoms. The van der Waals surface area contributed by atoms with Crippen LogP contribution in [0.25, 0.3) is 0 Å². The molecule has 2 heterocycles. The molecule has 1 fully saturated rings. The van der Waals surface area contributed by atoms with E-state index in [1.807, 2.05) is 0 Å². The van der Waals surface area contributed by atoms with Crippen molar-refractivity contribution in [1.29, 1.82) is 0 Å². The SMILES string of the molecule is Cc1ccc(OCC(=O)N2C[C@@H](C)C[C@H](C)C2)c([N+](=O)[O-])n1. The van der Waals surface area contributed by atoms with Crippen molar-refractivity contribution in [3.8, 4) is 5.75 Å². The van der Waals surface area contributed by atoms with Gasteiger partial charge in [0.05, 0.1) is 0 Å². The maximum atomic E-state index is 12.2. The molecule has 0 saturated carbocycles. The van der Waals surface area contributed by atoms with E-state index in [1.165, 1.54) is 6.07 Å². The first-order valence-electron chi connectivity index (χ1n) is 7.39. The van der Waals surface area contributed by atoms with E-state index in [-0.39, 0.29) is 24.1 Å². The van der Waals surface area contributed by atoms with Crippen molar-refractivity contribution in [2.75, 3.05) is 19.7 Å². The Morgan fingerprint density at radius 2 is 2.05 bits per heavy atom. The summed E-state index contributed by atoms with van der Waals surface area (Å²) in [4.78, 5) is 28.2. The Kier molecular flexibility index (Phi) is 4.95. The van der Waals surface area contributed by atoms with Crippen LogP contribution < -0.4 is 4.74 Å². The zero-order chi connectivity index (χ0) is 16.3. The zero-order valence-electron chi connectivity index (χ0n) is 13.1.